The largest absolute Gasteiger partial charge is 0.396 e. The number of unbranched alkanes of at least 4 members (excludes halogenated alkanes) is 3. The van der Waals surface area contributed by atoms with Crippen molar-refractivity contribution < 1.29 is 9.50 Å². The van der Waals surface area contributed by atoms with Gasteiger partial charge in [0.05, 0.1) is 0 Å². The maximum absolute atomic E-state index is 15.1. The number of aliphatic hydroxyl groups excluding tert-OH is 1. The van der Waals surface area contributed by atoms with Crippen molar-refractivity contribution in [1.29, 1.82) is 0 Å². The smallest absolute Gasteiger partial charge is 0.136 e. The number of halogens is 1. The molecular formula is C16H25FO. The summed E-state index contributed by atoms with van der Waals surface area (Å²) in [7, 11) is 0. The molecule has 0 bridgehead atoms. The highest BCUT2D eigenvalue weighted by Gasteiger charge is 2.30. The summed E-state index contributed by atoms with van der Waals surface area (Å²) in [5, 5.41) is 8.83. The first-order chi connectivity index (χ1) is 8.73. The molecule has 0 fully saturated rings. The third-order valence-corrected chi connectivity index (χ3v) is 3.45. The lowest BCUT2D eigenvalue weighted by molar-refractivity contribution is 0.124. The summed E-state index contributed by atoms with van der Waals surface area (Å²) >= 11 is 0. The van der Waals surface area contributed by atoms with E-state index < -0.39 is 5.67 Å². The molecule has 0 radical (unpaired) electrons. The lowest BCUT2D eigenvalue weighted by Gasteiger charge is -2.26. The van der Waals surface area contributed by atoms with Crippen molar-refractivity contribution in [3.8, 4) is 0 Å². The molecule has 1 N–H and O–H groups in total. The van der Waals surface area contributed by atoms with Gasteiger partial charge < -0.3 is 5.11 Å². The van der Waals surface area contributed by atoms with E-state index in [9.17, 15) is 0 Å². The van der Waals surface area contributed by atoms with E-state index in [-0.39, 0.29) is 6.61 Å². The molecule has 0 saturated heterocycles. The summed E-state index contributed by atoms with van der Waals surface area (Å²) in [6.45, 7) is 2.29. The van der Waals surface area contributed by atoms with E-state index in [4.69, 9.17) is 5.11 Å². The first-order valence-electron chi connectivity index (χ1n) is 7.08. The molecule has 0 amide bonds. The fourth-order valence-corrected chi connectivity index (χ4v) is 2.32. The van der Waals surface area contributed by atoms with Crippen molar-refractivity contribution in [1.82, 2.24) is 0 Å². The van der Waals surface area contributed by atoms with Crippen LogP contribution in [0, 0.1) is 0 Å². The molecule has 1 aromatic rings. The summed E-state index contributed by atoms with van der Waals surface area (Å²) in [5.74, 6) is 0. The molecule has 102 valence electrons. The Morgan fingerprint density at radius 3 is 2.17 bits per heavy atom. The van der Waals surface area contributed by atoms with E-state index in [2.05, 4.69) is 6.92 Å². The minimum absolute atomic E-state index is 0.153. The minimum Gasteiger partial charge on any atom is -0.396 e. The lowest BCUT2D eigenvalue weighted by atomic mass is 9.85. The highest BCUT2D eigenvalue weighted by atomic mass is 19.1. The average Bonchev–Trinajstić information content (AvgIpc) is 2.40. The monoisotopic (exact) mass is 252 g/mol. The summed E-state index contributed by atoms with van der Waals surface area (Å²) in [4.78, 5) is 0. The Kier molecular flexibility index (Phi) is 6.96. The van der Waals surface area contributed by atoms with E-state index >= 15 is 4.39 Å². The molecule has 0 aliphatic heterocycles. The van der Waals surface area contributed by atoms with E-state index in [0.29, 0.717) is 19.3 Å². The van der Waals surface area contributed by atoms with Crippen LogP contribution in [0.4, 0.5) is 4.39 Å². The summed E-state index contributed by atoms with van der Waals surface area (Å²) in [5.41, 5.74) is -0.426. The number of alkyl halides is 1. The summed E-state index contributed by atoms with van der Waals surface area (Å²) < 4.78 is 15.1. The van der Waals surface area contributed by atoms with E-state index in [1.807, 2.05) is 30.3 Å². The molecule has 0 aliphatic rings. The van der Waals surface area contributed by atoms with E-state index in [1.54, 1.807) is 0 Å². The van der Waals surface area contributed by atoms with Crippen molar-refractivity contribution in [2.75, 3.05) is 6.61 Å². The van der Waals surface area contributed by atoms with Crippen molar-refractivity contribution in [2.45, 2.75) is 57.5 Å². The summed E-state index contributed by atoms with van der Waals surface area (Å²) in [6, 6.07) is 9.48. The molecule has 18 heavy (non-hydrogen) atoms. The van der Waals surface area contributed by atoms with Gasteiger partial charge in [-0.1, -0.05) is 50.1 Å². The highest BCUT2D eigenvalue weighted by molar-refractivity contribution is 5.22. The third-order valence-electron chi connectivity index (χ3n) is 3.45. The Bertz CT molecular complexity index is 300. The molecule has 1 aromatic carbocycles. The SMILES string of the molecule is CCCCC[C@@](F)(CCCCO)c1ccccc1. The second-order valence-electron chi connectivity index (χ2n) is 4.97. The van der Waals surface area contributed by atoms with Crippen LogP contribution in [0.5, 0.6) is 0 Å². The first kappa shape index (κ1) is 15.2. The number of benzene rings is 1. The van der Waals surface area contributed by atoms with Gasteiger partial charge in [-0.15, -0.1) is 0 Å². The van der Waals surface area contributed by atoms with Gasteiger partial charge >= 0.3 is 0 Å². The van der Waals surface area contributed by atoms with Crippen molar-refractivity contribution in [3.63, 3.8) is 0 Å². The molecule has 2 heteroatoms. The molecule has 1 atom stereocenters. The van der Waals surface area contributed by atoms with Gasteiger partial charge in [-0.2, -0.15) is 0 Å². The first-order valence-corrected chi connectivity index (χ1v) is 7.08. The quantitative estimate of drug-likeness (QED) is 0.637. The van der Waals surface area contributed by atoms with Crippen molar-refractivity contribution in [2.24, 2.45) is 0 Å². The second-order valence-corrected chi connectivity index (χ2v) is 4.97. The highest BCUT2D eigenvalue weighted by Crippen LogP contribution is 2.36. The van der Waals surface area contributed by atoms with E-state index in [1.165, 1.54) is 0 Å². The average molecular weight is 252 g/mol. The predicted octanol–water partition coefficient (Wildman–Crippen LogP) is 4.59. The zero-order valence-electron chi connectivity index (χ0n) is 11.4. The van der Waals surface area contributed by atoms with Crippen LogP contribution in [-0.2, 0) is 5.67 Å². The van der Waals surface area contributed by atoms with Gasteiger partial charge in [0.15, 0.2) is 0 Å². The van der Waals surface area contributed by atoms with Crippen LogP contribution in [0.2, 0.25) is 0 Å². The number of hydrogen-bond donors (Lipinski definition) is 1. The zero-order chi connectivity index (χ0) is 13.3. The molecular weight excluding hydrogens is 227 g/mol. The minimum atomic E-state index is -1.22. The molecule has 1 rings (SSSR count). The van der Waals surface area contributed by atoms with Gasteiger partial charge in [-0.05, 0) is 37.7 Å². The van der Waals surface area contributed by atoms with Gasteiger partial charge in [0, 0.05) is 6.61 Å². The maximum atomic E-state index is 15.1. The predicted molar refractivity (Wildman–Crippen MR) is 74.3 cm³/mol. The van der Waals surface area contributed by atoms with Crippen LogP contribution >= 0.6 is 0 Å². The van der Waals surface area contributed by atoms with Crippen LogP contribution in [0.15, 0.2) is 30.3 Å². The van der Waals surface area contributed by atoms with Crippen LogP contribution < -0.4 is 0 Å². The fourth-order valence-electron chi connectivity index (χ4n) is 2.32. The Labute approximate surface area is 110 Å². The van der Waals surface area contributed by atoms with Crippen LogP contribution in [0.3, 0.4) is 0 Å². The van der Waals surface area contributed by atoms with Gasteiger partial charge in [-0.3, -0.25) is 0 Å². The van der Waals surface area contributed by atoms with E-state index in [0.717, 1.165) is 31.2 Å². The fraction of sp³-hybridized carbons (Fsp3) is 0.625. The number of hydrogen-bond acceptors (Lipinski definition) is 1. The standard InChI is InChI=1S/C16H25FO/c1-2-3-7-12-16(17,13-8-9-14-18)15-10-5-4-6-11-15/h4-6,10-11,18H,2-3,7-9,12-14H2,1H3/t16-/m1/s1. The molecule has 0 saturated carbocycles. The van der Waals surface area contributed by atoms with Crippen molar-refractivity contribution in [3.05, 3.63) is 35.9 Å². The van der Waals surface area contributed by atoms with Crippen LogP contribution in [0.25, 0.3) is 0 Å². The Hall–Kier alpha value is -0.890. The topological polar surface area (TPSA) is 20.2 Å². The van der Waals surface area contributed by atoms with Crippen molar-refractivity contribution >= 4 is 0 Å². The van der Waals surface area contributed by atoms with Gasteiger partial charge in [0.25, 0.3) is 0 Å². The maximum Gasteiger partial charge on any atom is 0.136 e. The zero-order valence-corrected chi connectivity index (χ0v) is 11.4. The molecule has 0 spiro atoms. The number of rotatable bonds is 9. The second kappa shape index (κ2) is 8.25. The normalized spacial score (nSPS) is 14.4. The third kappa shape index (κ3) is 4.77. The Morgan fingerprint density at radius 2 is 1.61 bits per heavy atom. The molecule has 0 aliphatic carbocycles. The molecule has 0 heterocycles. The van der Waals surface area contributed by atoms with Crippen LogP contribution in [0.1, 0.15) is 57.4 Å². The molecule has 1 nitrogen and oxygen atoms in total. The molecule has 0 unspecified atom stereocenters. The number of aliphatic hydroxyl groups is 1. The van der Waals surface area contributed by atoms with Gasteiger partial charge in [-0.25, -0.2) is 4.39 Å². The summed E-state index contributed by atoms with van der Waals surface area (Å²) in [6.07, 6.45) is 5.67. The van der Waals surface area contributed by atoms with Gasteiger partial charge in [0.1, 0.15) is 5.67 Å². The Balaban J connectivity index is 2.67. The Morgan fingerprint density at radius 1 is 1.00 bits per heavy atom. The lowest BCUT2D eigenvalue weighted by Crippen LogP contribution is -2.20. The van der Waals surface area contributed by atoms with Crippen LogP contribution in [-0.4, -0.2) is 11.7 Å². The van der Waals surface area contributed by atoms with Gasteiger partial charge in [0.2, 0.25) is 0 Å². The molecule has 0 aromatic heterocycles.